The number of aldehydes is 1. The Labute approximate surface area is 124 Å². The maximum atomic E-state index is 11.2. The minimum Gasteiger partial charge on any atom is -0.298 e. The maximum absolute atomic E-state index is 11.2. The van der Waals surface area contributed by atoms with E-state index in [4.69, 9.17) is 4.99 Å². The van der Waals surface area contributed by atoms with Gasteiger partial charge in [-0.3, -0.25) is 4.79 Å². The second kappa shape index (κ2) is 5.80. The average Bonchev–Trinajstić information content (AvgIpc) is 2.44. The summed E-state index contributed by atoms with van der Waals surface area (Å²) >= 11 is 1.64. The van der Waals surface area contributed by atoms with Crippen LogP contribution in [0.25, 0.3) is 0 Å². The molecule has 1 aliphatic rings. The number of aryl methyl sites for hydroxylation is 1. The molecule has 0 amide bonds. The quantitative estimate of drug-likeness (QED) is 0.565. The van der Waals surface area contributed by atoms with Crippen LogP contribution in [-0.4, -0.2) is 12.0 Å². The molecule has 0 saturated carbocycles. The van der Waals surface area contributed by atoms with Gasteiger partial charge in [0.25, 0.3) is 0 Å². The molecule has 1 aromatic rings. The van der Waals surface area contributed by atoms with E-state index in [0.717, 1.165) is 38.6 Å². The number of hydrogen-bond acceptors (Lipinski definition) is 3. The number of hydrogen-bond donors (Lipinski definition) is 0. The van der Waals surface area contributed by atoms with E-state index in [1.165, 1.54) is 11.1 Å². The molecule has 3 heteroatoms. The van der Waals surface area contributed by atoms with Crippen LogP contribution in [0.5, 0.6) is 0 Å². The molecule has 1 aliphatic heterocycles. The van der Waals surface area contributed by atoms with Crippen molar-refractivity contribution in [1.82, 2.24) is 0 Å². The van der Waals surface area contributed by atoms with E-state index in [1.54, 1.807) is 11.8 Å². The van der Waals surface area contributed by atoms with Crippen molar-refractivity contribution >= 4 is 29.4 Å². The lowest BCUT2D eigenvalue weighted by molar-refractivity contribution is -0.104. The predicted molar refractivity (Wildman–Crippen MR) is 86.9 cm³/mol. The fourth-order valence-corrected chi connectivity index (χ4v) is 3.12. The first-order valence-electron chi connectivity index (χ1n) is 6.62. The first-order valence-corrected chi connectivity index (χ1v) is 7.43. The van der Waals surface area contributed by atoms with Crippen molar-refractivity contribution in [1.29, 1.82) is 0 Å². The molecule has 0 bridgehead atoms. The lowest BCUT2D eigenvalue weighted by Crippen LogP contribution is -2.09. The van der Waals surface area contributed by atoms with Crippen molar-refractivity contribution in [3.63, 3.8) is 0 Å². The number of thioether (sulfide) groups is 1. The lowest BCUT2D eigenvalue weighted by atomic mass is 10.0. The Morgan fingerprint density at radius 2 is 1.90 bits per heavy atom. The molecule has 0 fully saturated rings. The summed E-state index contributed by atoms with van der Waals surface area (Å²) in [6.07, 6.45) is 0.914. The van der Waals surface area contributed by atoms with E-state index >= 15 is 0 Å². The molecule has 0 aromatic heterocycles. The molecule has 20 heavy (non-hydrogen) atoms. The van der Waals surface area contributed by atoms with Gasteiger partial charge < -0.3 is 0 Å². The zero-order valence-corrected chi connectivity index (χ0v) is 13.4. The number of nitrogens with zero attached hydrogens (tertiary/aromatic N) is 1. The Morgan fingerprint density at radius 3 is 2.50 bits per heavy atom. The predicted octanol–water partition coefficient (Wildman–Crippen LogP) is 5.00. The van der Waals surface area contributed by atoms with Gasteiger partial charge in [0.2, 0.25) is 0 Å². The van der Waals surface area contributed by atoms with Crippen molar-refractivity contribution in [3.8, 4) is 0 Å². The highest BCUT2D eigenvalue weighted by Gasteiger charge is 2.21. The van der Waals surface area contributed by atoms with E-state index in [-0.39, 0.29) is 0 Å². The molecule has 0 spiro atoms. The number of fused-ring (bicyclic) bond motifs is 1. The summed E-state index contributed by atoms with van der Waals surface area (Å²) in [5.41, 5.74) is 6.21. The Hall–Kier alpha value is -1.61. The van der Waals surface area contributed by atoms with Crippen molar-refractivity contribution in [2.24, 2.45) is 4.99 Å². The molecule has 2 rings (SSSR count). The zero-order chi connectivity index (χ0) is 14.9. The molecule has 0 unspecified atom stereocenters. The number of carbonyl (C=O) groups excluding carboxylic acids is 1. The van der Waals surface area contributed by atoms with Crippen molar-refractivity contribution in [3.05, 3.63) is 45.4 Å². The fraction of sp³-hybridized carbons (Fsp3) is 0.294. The maximum Gasteiger partial charge on any atom is 0.146 e. The summed E-state index contributed by atoms with van der Waals surface area (Å²) in [4.78, 5) is 18.0. The minimum absolute atomic E-state index is 0.738. The summed E-state index contributed by atoms with van der Waals surface area (Å²) in [5.74, 6) is 0. The molecule has 1 aromatic carbocycles. The molecule has 0 atom stereocenters. The van der Waals surface area contributed by atoms with E-state index in [9.17, 15) is 4.79 Å². The lowest BCUT2D eigenvalue weighted by Gasteiger charge is -2.21. The highest BCUT2D eigenvalue weighted by molar-refractivity contribution is 8.04. The highest BCUT2D eigenvalue weighted by Crippen LogP contribution is 2.43. The smallest absolute Gasteiger partial charge is 0.146 e. The van der Waals surface area contributed by atoms with Gasteiger partial charge in [0, 0.05) is 15.4 Å². The van der Waals surface area contributed by atoms with E-state index in [2.05, 4.69) is 39.8 Å². The summed E-state index contributed by atoms with van der Waals surface area (Å²) in [6, 6.07) is 6.23. The molecule has 0 radical (unpaired) electrons. The summed E-state index contributed by atoms with van der Waals surface area (Å²) < 4.78 is 0. The van der Waals surface area contributed by atoms with Gasteiger partial charge >= 0.3 is 0 Å². The van der Waals surface area contributed by atoms with E-state index in [0.29, 0.717) is 0 Å². The molecule has 0 aliphatic carbocycles. The largest absolute Gasteiger partial charge is 0.298 e. The van der Waals surface area contributed by atoms with Gasteiger partial charge in [-0.15, -0.1) is 0 Å². The van der Waals surface area contributed by atoms with Crippen LogP contribution in [0.3, 0.4) is 0 Å². The van der Waals surface area contributed by atoms with Gasteiger partial charge in [-0.25, -0.2) is 4.99 Å². The second-order valence-corrected chi connectivity index (χ2v) is 6.34. The molecule has 104 valence electrons. The van der Waals surface area contributed by atoms with Crippen LogP contribution >= 0.6 is 11.8 Å². The van der Waals surface area contributed by atoms with Gasteiger partial charge in [-0.2, -0.15) is 0 Å². The Balaban J connectivity index is 2.69. The highest BCUT2D eigenvalue weighted by atomic mass is 32.2. The SMILES string of the molecule is CC(C)=C(C)C1=Nc2ccc(C)cc2S/C1=C(\C)C=O. The molecule has 0 N–H and O–H groups in total. The fourth-order valence-electron chi connectivity index (χ4n) is 1.94. The summed E-state index contributed by atoms with van der Waals surface area (Å²) in [7, 11) is 0. The van der Waals surface area contributed by atoms with Gasteiger partial charge in [0.05, 0.1) is 11.4 Å². The monoisotopic (exact) mass is 285 g/mol. The van der Waals surface area contributed by atoms with Crippen LogP contribution in [0.4, 0.5) is 5.69 Å². The normalized spacial score (nSPS) is 16.1. The van der Waals surface area contributed by atoms with Crippen molar-refractivity contribution in [2.45, 2.75) is 39.5 Å². The third-order valence-corrected chi connectivity index (χ3v) is 4.68. The third kappa shape index (κ3) is 2.78. The molecular formula is C17H19NOS. The van der Waals surface area contributed by atoms with E-state index < -0.39 is 0 Å². The number of benzene rings is 1. The molecule has 2 nitrogen and oxygen atoms in total. The Morgan fingerprint density at radius 1 is 1.20 bits per heavy atom. The van der Waals surface area contributed by atoms with Crippen LogP contribution in [0.1, 0.15) is 33.3 Å². The third-order valence-electron chi connectivity index (χ3n) is 3.41. The molecule has 0 saturated heterocycles. The molecule has 1 heterocycles. The zero-order valence-electron chi connectivity index (χ0n) is 12.6. The number of carbonyl (C=O) groups is 1. The first kappa shape index (κ1) is 14.8. The van der Waals surface area contributed by atoms with Crippen molar-refractivity contribution < 1.29 is 4.79 Å². The Kier molecular flexibility index (Phi) is 4.29. The average molecular weight is 285 g/mol. The van der Waals surface area contributed by atoms with Crippen LogP contribution in [0.2, 0.25) is 0 Å². The second-order valence-electron chi connectivity index (χ2n) is 5.29. The topological polar surface area (TPSA) is 29.4 Å². The number of aliphatic imine (C=N–C) groups is 1. The summed E-state index contributed by atoms with van der Waals surface area (Å²) in [6.45, 7) is 10.1. The van der Waals surface area contributed by atoms with Gasteiger partial charge in [-0.1, -0.05) is 23.4 Å². The van der Waals surface area contributed by atoms with E-state index in [1.807, 2.05) is 13.0 Å². The minimum atomic E-state index is 0.738. The van der Waals surface area contributed by atoms with Gasteiger partial charge in [0.15, 0.2) is 0 Å². The van der Waals surface area contributed by atoms with Crippen LogP contribution in [0, 0.1) is 6.92 Å². The van der Waals surface area contributed by atoms with Crippen molar-refractivity contribution in [2.75, 3.05) is 0 Å². The number of allylic oxidation sites excluding steroid dienone is 4. The van der Waals surface area contributed by atoms with Crippen LogP contribution in [-0.2, 0) is 4.79 Å². The van der Waals surface area contributed by atoms with Crippen LogP contribution in [0.15, 0.2) is 49.7 Å². The Bertz CT molecular complexity index is 662. The number of rotatable bonds is 2. The first-order chi connectivity index (χ1) is 9.43. The van der Waals surface area contributed by atoms with Crippen LogP contribution < -0.4 is 0 Å². The van der Waals surface area contributed by atoms with Gasteiger partial charge in [-0.05, 0) is 57.9 Å². The summed E-state index contributed by atoms with van der Waals surface area (Å²) in [5, 5.41) is 0. The van der Waals surface area contributed by atoms with Gasteiger partial charge in [0.1, 0.15) is 6.29 Å². The standard InChI is InChI=1S/C17H19NOS/c1-10(2)13(5)16-17(12(4)9-19)20-15-8-11(3)6-7-14(15)18-16/h6-9H,1-5H3/b17-12+. The molecular weight excluding hydrogens is 266 g/mol.